The Morgan fingerprint density at radius 2 is 1.06 bits per heavy atom. The van der Waals surface area contributed by atoms with E-state index in [4.69, 9.17) is 14.4 Å². The van der Waals surface area contributed by atoms with Gasteiger partial charge < -0.3 is 4.42 Å². The number of nitrogens with zero attached hydrogens (tertiary/aromatic N) is 2. The largest absolute Gasteiger partial charge is 0.436 e. The van der Waals surface area contributed by atoms with Crippen molar-refractivity contribution < 1.29 is 4.42 Å². The van der Waals surface area contributed by atoms with Crippen molar-refractivity contribution in [2.45, 2.75) is 0 Å². The zero-order valence-corrected chi connectivity index (χ0v) is 27.5. The summed E-state index contributed by atoms with van der Waals surface area (Å²) in [7, 11) is 0. The van der Waals surface area contributed by atoms with E-state index in [2.05, 4.69) is 146 Å². The molecule has 0 saturated heterocycles. The highest BCUT2D eigenvalue weighted by molar-refractivity contribution is 7.26. The third-order valence-corrected chi connectivity index (χ3v) is 11.4. The van der Waals surface area contributed by atoms with Gasteiger partial charge in [-0.3, -0.25) is 0 Å². The van der Waals surface area contributed by atoms with Gasteiger partial charge in [0.1, 0.15) is 11.1 Å². The quantitative estimate of drug-likeness (QED) is 0.178. The van der Waals surface area contributed by atoms with Crippen LogP contribution < -0.4 is 0 Å². The number of hydrogen-bond donors (Lipinski definition) is 0. The van der Waals surface area contributed by atoms with Crippen molar-refractivity contribution in [3.8, 4) is 33.5 Å². The van der Waals surface area contributed by atoms with Gasteiger partial charge in [-0.25, -0.2) is 9.97 Å². The van der Waals surface area contributed by atoms with Crippen molar-refractivity contribution in [1.82, 2.24) is 9.97 Å². The Bertz CT molecular complexity index is 3130. The fraction of sp³-hybridized carbons (Fsp3) is 0. The number of hydrogen-bond acceptors (Lipinski definition) is 4. The molecule has 0 N–H and O–H groups in total. The molecule has 0 fully saturated rings. The van der Waals surface area contributed by atoms with Gasteiger partial charge in [0.05, 0.1) is 11.9 Å². The smallest absolute Gasteiger partial charge is 0.246 e. The summed E-state index contributed by atoms with van der Waals surface area (Å²) >= 11 is 1.85. The molecule has 3 heterocycles. The van der Waals surface area contributed by atoms with E-state index in [9.17, 15) is 0 Å². The molecule has 11 rings (SSSR count). The zero-order chi connectivity index (χ0) is 32.8. The molecule has 8 aromatic carbocycles. The first-order chi connectivity index (χ1) is 24.8. The molecule has 0 aliphatic rings. The summed E-state index contributed by atoms with van der Waals surface area (Å²) in [5.41, 5.74) is 8.55. The van der Waals surface area contributed by atoms with Gasteiger partial charge >= 0.3 is 0 Å². The van der Waals surface area contributed by atoms with E-state index in [0.29, 0.717) is 5.71 Å². The average Bonchev–Trinajstić information content (AvgIpc) is 3.75. The Morgan fingerprint density at radius 1 is 0.440 bits per heavy atom. The molecule has 0 spiro atoms. The van der Waals surface area contributed by atoms with Gasteiger partial charge in [-0.1, -0.05) is 121 Å². The predicted molar refractivity (Wildman–Crippen MR) is 211 cm³/mol. The number of thiophene rings is 1. The van der Waals surface area contributed by atoms with Crippen molar-refractivity contribution in [3.05, 3.63) is 158 Å². The van der Waals surface area contributed by atoms with Crippen LogP contribution in [-0.2, 0) is 0 Å². The van der Waals surface area contributed by atoms with Crippen molar-refractivity contribution in [1.29, 1.82) is 0 Å². The van der Waals surface area contributed by atoms with E-state index >= 15 is 0 Å². The number of benzene rings is 8. The molecule has 0 saturated carbocycles. The van der Waals surface area contributed by atoms with Gasteiger partial charge in [-0.15, -0.1) is 11.3 Å². The molecule has 0 radical (unpaired) electrons. The van der Waals surface area contributed by atoms with Crippen LogP contribution in [0.25, 0.3) is 108 Å². The van der Waals surface area contributed by atoms with Gasteiger partial charge in [0.15, 0.2) is 0 Å². The fourth-order valence-electron chi connectivity index (χ4n) is 7.76. The van der Waals surface area contributed by atoms with Crippen LogP contribution in [0.15, 0.2) is 162 Å². The van der Waals surface area contributed by atoms with Crippen LogP contribution in [0, 0.1) is 0 Å². The highest BCUT2D eigenvalue weighted by Gasteiger charge is 2.16. The van der Waals surface area contributed by atoms with Crippen molar-refractivity contribution in [3.63, 3.8) is 0 Å². The first-order valence-electron chi connectivity index (χ1n) is 16.8. The lowest BCUT2D eigenvalue weighted by Crippen LogP contribution is -1.88. The fourth-order valence-corrected chi connectivity index (χ4v) is 9.00. The minimum absolute atomic E-state index is 0.544. The summed E-state index contributed by atoms with van der Waals surface area (Å²) in [6, 6.07) is 54.4. The molecule has 3 aromatic heterocycles. The van der Waals surface area contributed by atoms with Crippen molar-refractivity contribution >= 4 is 86.0 Å². The second-order valence-corrected chi connectivity index (χ2v) is 14.0. The number of fused-ring (bicyclic) bond motifs is 12. The molecule has 4 heteroatoms. The Balaban J connectivity index is 1.00. The summed E-state index contributed by atoms with van der Waals surface area (Å²) in [5.74, 6) is 0. The van der Waals surface area contributed by atoms with Crippen LogP contribution >= 0.6 is 11.3 Å². The van der Waals surface area contributed by atoms with Crippen LogP contribution in [0.5, 0.6) is 0 Å². The molecule has 3 nitrogen and oxygen atoms in total. The first-order valence-corrected chi connectivity index (χ1v) is 17.6. The Labute approximate surface area is 290 Å². The summed E-state index contributed by atoms with van der Waals surface area (Å²) in [4.78, 5) is 9.93. The van der Waals surface area contributed by atoms with E-state index in [0.717, 1.165) is 44.4 Å². The van der Waals surface area contributed by atoms with Crippen LogP contribution in [-0.4, -0.2) is 9.97 Å². The third-order valence-electron chi connectivity index (χ3n) is 10.1. The Hall–Kier alpha value is -6.36. The Kier molecular flexibility index (Phi) is 5.83. The molecule has 50 heavy (non-hydrogen) atoms. The van der Waals surface area contributed by atoms with E-state index in [1.54, 1.807) is 0 Å². The van der Waals surface area contributed by atoms with E-state index in [1.807, 2.05) is 23.6 Å². The molecular formula is C46H26N2OS. The lowest BCUT2D eigenvalue weighted by atomic mass is 9.92. The molecule has 11 aromatic rings. The minimum Gasteiger partial charge on any atom is -0.436 e. The second kappa shape index (κ2) is 10.6. The van der Waals surface area contributed by atoms with E-state index in [-0.39, 0.29) is 0 Å². The summed E-state index contributed by atoms with van der Waals surface area (Å²) in [6.45, 7) is 0. The molecule has 0 bridgehead atoms. The molecule has 0 amide bonds. The van der Waals surface area contributed by atoms with E-state index in [1.165, 1.54) is 58.1 Å². The minimum atomic E-state index is 0.544. The molecular weight excluding hydrogens is 629 g/mol. The standard InChI is InChI=1S/C46H26N2OS/c1-2-13-34-32(11-1)33-12-3-4-14-35(33)39-24-27(19-21-36(34)39)28-20-22-42-40(25-28)44-46(49-42)48-41(26-47-44)30-10-7-9-29(23-30)31-16-8-17-38-37-15-5-6-18-43(37)50-45(31)38/h1-26H. The average molecular weight is 655 g/mol. The van der Waals surface area contributed by atoms with Crippen LogP contribution in [0.2, 0.25) is 0 Å². The summed E-state index contributed by atoms with van der Waals surface area (Å²) in [6.07, 6.45) is 1.87. The Morgan fingerprint density at radius 3 is 1.86 bits per heavy atom. The molecule has 0 aliphatic heterocycles. The molecule has 0 unspecified atom stereocenters. The number of rotatable bonds is 3. The number of furan rings is 1. The molecule has 232 valence electrons. The number of aromatic nitrogens is 2. The maximum Gasteiger partial charge on any atom is 0.246 e. The van der Waals surface area contributed by atoms with Gasteiger partial charge in [-0.05, 0) is 84.9 Å². The summed E-state index contributed by atoms with van der Waals surface area (Å²) in [5, 5.41) is 11.2. The molecule has 0 aliphatic carbocycles. The van der Waals surface area contributed by atoms with Crippen molar-refractivity contribution in [2.24, 2.45) is 0 Å². The van der Waals surface area contributed by atoms with E-state index < -0.39 is 0 Å². The zero-order valence-electron chi connectivity index (χ0n) is 26.7. The SMILES string of the molecule is c1cc(-c2cnc3c(n2)oc2ccc(-c4ccc5c6ccccc6c6ccccc6c5c4)cc23)cc(-c2cccc3c2sc2ccccc23)c1. The highest BCUT2D eigenvalue weighted by Crippen LogP contribution is 2.41. The predicted octanol–water partition coefficient (Wildman–Crippen LogP) is 13.2. The van der Waals surface area contributed by atoms with Crippen LogP contribution in [0.1, 0.15) is 0 Å². The van der Waals surface area contributed by atoms with Gasteiger partial charge in [0, 0.05) is 31.1 Å². The van der Waals surface area contributed by atoms with Crippen LogP contribution in [0.3, 0.4) is 0 Å². The van der Waals surface area contributed by atoms with Crippen LogP contribution in [0.4, 0.5) is 0 Å². The second-order valence-electron chi connectivity index (χ2n) is 12.9. The third kappa shape index (κ3) is 4.09. The normalized spacial score (nSPS) is 12.0. The maximum atomic E-state index is 6.32. The topological polar surface area (TPSA) is 38.9 Å². The van der Waals surface area contributed by atoms with Gasteiger partial charge in [0.2, 0.25) is 5.71 Å². The summed E-state index contributed by atoms with van der Waals surface area (Å²) < 4.78 is 8.92. The van der Waals surface area contributed by atoms with Crippen molar-refractivity contribution in [2.75, 3.05) is 0 Å². The highest BCUT2D eigenvalue weighted by atomic mass is 32.1. The maximum absolute atomic E-state index is 6.32. The van der Waals surface area contributed by atoms with Gasteiger partial charge in [-0.2, -0.15) is 0 Å². The lowest BCUT2D eigenvalue weighted by Gasteiger charge is -2.12. The molecule has 0 atom stereocenters. The first kappa shape index (κ1) is 27.6. The van der Waals surface area contributed by atoms with Gasteiger partial charge in [0.25, 0.3) is 0 Å². The lowest BCUT2D eigenvalue weighted by molar-refractivity contribution is 0.653. The monoisotopic (exact) mass is 654 g/mol.